The smallest absolute Gasteiger partial charge is 0.306 e. The van der Waals surface area contributed by atoms with Gasteiger partial charge in [0.1, 0.15) is 23.5 Å². The van der Waals surface area contributed by atoms with Crippen LogP contribution in [0.1, 0.15) is 191 Å². The summed E-state index contributed by atoms with van der Waals surface area (Å²) in [5, 5.41) is 11.0. The molecule has 2 saturated heterocycles. The van der Waals surface area contributed by atoms with Gasteiger partial charge >= 0.3 is 5.97 Å². The minimum atomic E-state index is -0.609. The molecule has 2 unspecified atom stereocenters. The number of imide groups is 2. The number of ether oxygens (including phenoxy) is 2. The molecule has 0 bridgehead atoms. The molecule has 4 amide bonds. The van der Waals surface area contributed by atoms with E-state index in [1.165, 1.54) is 29.9 Å². The van der Waals surface area contributed by atoms with E-state index in [1.54, 1.807) is 9.13 Å². The van der Waals surface area contributed by atoms with Gasteiger partial charge in [0.25, 0.3) is 34.7 Å². The minimum absolute atomic E-state index is 0. The van der Waals surface area contributed by atoms with Gasteiger partial charge in [-0.15, -0.1) is 0 Å². The molecule has 23 nitrogen and oxygen atoms in total. The number of hydrogen-bond donors (Lipinski definition) is 0. The van der Waals surface area contributed by atoms with Crippen LogP contribution >= 0.6 is 0 Å². The number of fused-ring (bicyclic) bond motifs is 4. The van der Waals surface area contributed by atoms with Crippen LogP contribution in [-0.2, 0) is 69.0 Å². The molecule has 6 aliphatic heterocycles. The van der Waals surface area contributed by atoms with Gasteiger partial charge in [0.05, 0.1) is 11.4 Å². The molecule has 6 aliphatic rings. The highest BCUT2D eigenvalue weighted by atomic mass is 16.5. The molecule has 10 heterocycles. The van der Waals surface area contributed by atoms with Crippen LogP contribution < -0.4 is 11.1 Å². The van der Waals surface area contributed by atoms with E-state index < -0.39 is 23.9 Å². The number of unbranched alkanes of at least 4 members (excludes halogenated alkanes) is 1. The number of aryl methyl sites for hydroxylation is 4. The van der Waals surface area contributed by atoms with Crippen LogP contribution in [0.3, 0.4) is 0 Å². The quantitative estimate of drug-likeness (QED) is 0.0294. The van der Waals surface area contributed by atoms with E-state index in [2.05, 4.69) is 51.3 Å². The summed E-state index contributed by atoms with van der Waals surface area (Å²) in [6.45, 7) is 15.0. The normalized spacial score (nSPS) is 18.6. The number of amides is 4. The van der Waals surface area contributed by atoms with Crippen molar-refractivity contribution in [3.63, 3.8) is 0 Å². The van der Waals surface area contributed by atoms with E-state index in [-0.39, 0.29) is 86.8 Å². The number of carbonyl (C=O) groups is 7. The van der Waals surface area contributed by atoms with Gasteiger partial charge in [-0.2, -0.15) is 0 Å². The standard InChI is InChI=1S/C35H41N5O7.C35H43N5O6.CH4/c1-22-8-9-27-29(21-22)47-37-33(27)24-12-17-38(18-13-24)19-15-26-23(2)36-34-28(6-4-16-40(34)35(26)45)46-32(44)7-3-5-25(41)14-20-39-30(42)10-11-31(39)43;1-23-8-9-28-30(22-23)46-37-33(28)25-12-17-38(18-13-25)19-15-27-24(2)36-34-29(7-5-16-40(34)35(27)44)45-21-4-3-6-26(41)14-20-39-31(42)10-11-32(39)43;/h8-11,21,24,28H,3-7,12-20H2,1-2H3;8-11,22,25,29H,3-7,12-21H2,1-2H3;1H4. The Bertz CT molecular complexity index is 3950. The second kappa shape index (κ2) is 31.2. The minimum Gasteiger partial charge on any atom is -0.454 e. The monoisotopic (exact) mass is 1290 g/mol. The van der Waals surface area contributed by atoms with Crippen molar-refractivity contribution in [2.24, 2.45) is 0 Å². The van der Waals surface area contributed by atoms with Crippen molar-refractivity contribution >= 4 is 63.1 Å². The SMILES string of the molecule is C.Cc1ccc2c(C3CCN(CCc4c(C)nc5n(c4=O)CCCC5OC(=O)CCCC(=O)CCN4C(=O)C=CC4=O)CC3)noc2c1.Cc1ccc2c(C3CCN(CCc4c(C)nc5n(c4=O)CCCC5OCCCCC(=O)CCN4C(=O)C=CC4=O)CC3)noc2c1. The molecule has 0 saturated carbocycles. The molecule has 12 rings (SSSR count). The first-order chi connectivity index (χ1) is 45.0. The van der Waals surface area contributed by atoms with Crippen molar-refractivity contribution in [1.82, 2.24) is 49.0 Å². The Morgan fingerprint density at radius 1 is 0.511 bits per heavy atom. The van der Waals surface area contributed by atoms with Crippen molar-refractivity contribution in [2.45, 2.75) is 188 Å². The van der Waals surface area contributed by atoms with Gasteiger partial charge in [-0.05, 0) is 173 Å². The summed E-state index contributed by atoms with van der Waals surface area (Å²) in [4.78, 5) is 127. The molecule has 0 aliphatic carbocycles. The summed E-state index contributed by atoms with van der Waals surface area (Å²) < 4.78 is 26.6. The number of nitrogens with zero attached hydrogens (tertiary/aromatic N) is 10. The van der Waals surface area contributed by atoms with Crippen molar-refractivity contribution in [1.29, 1.82) is 0 Å². The van der Waals surface area contributed by atoms with Crippen molar-refractivity contribution < 1.29 is 52.1 Å². The van der Waals surface area contributed by atoms with Crippen molar-refractivity contribution in [3.8, 4) is 0 Å². The van der Waals surface area contributed by atoms with E-state index in [0.29, 0.717) is 106 Å². The number of benzene rings is 2. The highest BCUT2D eigenvalue weighted by molar-refractivity contribution is 6.13. The molecule has 2 atom stereocenters. The van der Waals surface area contributed by atoms with Gasteiger partial charge in [-0.3, -0.25) is 62.1 Å². The molecule has 23 heteroatoms. The van der Waals surface area contributed by atoms with E-state index in [0.717, 1.165) is 138 Å². The van der Waals surface area contributed by atoms with Crippen molar-refractivity contribution in [2.75, 3.05) is 59.0 Å². The van der Waals surface area contributed by atoms with Gasteiger partial charge in [0.2, 0.25) is 0 Å². The van der Waals surface area contributed by atoms with Gasteiger partial charge < -0.3 is 28.3 Å². The average Bonchev–Trinajstić information content (AvgIpc) is 1.59. The van der Waals surface area contributed by atoms with Crippen LogP contribution in [0.15, 0.2) is 79.3 Å². The zero-order chi connectivity index (χ0) is 65.3. The summed E-state index contributed by atoms with van der Waals surface area (Å²) in [7, 11) is 0. The second-order valence-corrected chi connectivity index (χ2v) is 25.7. The molecule has 0 spiro atoms. The third-order valence-corrected chi connectivity index (χ3v) is 19.2. The summed E-state index contributed by atoms with van der Waals surface area (Å²) in [5.74, 6) is -0.195. The molecule has 0 radical (unpaired) electrons. The van der Waals surface area contributed by atoms with E-state index >= 15 is 0 Å². The fourth-order valence-electron chi connectivity index (χ4n) is 13.8. The van der Waals surface area contributed by atoms with Crippen LogP contribution in [0.4, 0.5) is 0 Å². The molecular formula is C71H88N10O13. The summed E-state index contributed by atoms with van der Waals surface area (Å²) in [6.07, 6.45) is 14.7. The number of likely N-dealkylation sites (tertiary alicyclic amines) is 2. The van der Waals surface area contributed by atoms with Gasteiger partial charge in [0.15, 0.2) is 23.1 Å². The lowest BCUT2D eigenvalue weighted by atomic mass is 9.91. The molecule has 0 N–H and O–H groups in total. The zero-order valence-electron chi connectivity index (χ0n) is 53.9. The van der Waals surface area contributed by atoms with Crippen LogP contribution in [0, 0.1) is 27.7 Å². The van der Waals surface area contributed by atoms with Crippen LogP contribution in [0.25, 0.3) is 21.9 Å². The lowest BCUT2D eigenvalue weighted by molar-refractivity contribution is -0.151. The van der Waals surface area contributed by atoms with E-state index in [9.17, 15) is 43.2 Å². The summed E-state index contributed by atoms with van der Waals surface area (Å²) in [6, 6.07) is 12.5. The Morgan fingerprint density at radius 2 is 0.947 bits per heavy atom. The molecule has 2 fully saturated rings. The van der Waals surface area contributed by atoms with Gasteiger partial charge in [-0.1, -0.05) is 29.9 Å². The molecule has 500 valence electrons. The molecule has 6 aromatic rings. The maximum absolute atomic E-state index is 13.6. The first kappa shape index (κ1) is 68.4. The topological polar surface area (TPSA) is 273 Å². The summed E-state index contributed by atoms with van der Waals surface area (Å²) >= 11 is 0. The number of Topliss-reactive ketones (excluding diaryl/α,β-unsaturated/α-hetero) is 2. The molecular weight excluding hydrogens is 1200 g/mol. The second-order valence-electron chi connectivity index (χ2n) is 25.7. The number of piperidine rings is 2. The lowest BCUT2D eigenvalue weighted by Crippen LogP contribution is -2.38. The fraction of sp³-hybridized carbons (Fsp3) is 0.535. The first-order valence-corrected chi connectivity index (χ1v) is 33.2. The maximum Gasteiger partial charge on any atom is 0.306 e. The lowest BCUT2D eigenvalue weighted by Gasteiger charge is -2.31. The number of aromatic nitrogens is 6. The van der Waals surface area contributed by atoms with E-state index in [4.69, 9.17) is 28.5 Å². The van der Waals surface area contributed by atoms with Crippen LogP contribution in [0.2, 0.25) is 0 Å². The number of rotatable bonds is 25. The summed E-state index contributed by atoms with van der Waals surface area (Å²) in [5.41, 5.74) is 9.04. The number of esters is 1. The fourth-order valence-corrected chi connectivity index (χ4v) is 13.8. The highest BCUT2D eigenvalue weighted by Gasteiger charge is 2.33. The van der Waals surface area contributed by atoms with Crippen LogP contribution in [0.5, 0.6) is 0 Å². The highest BCUT2D eigenvalue weighted by Crippen LogP contribution is 2.36. The largest absolute Gasteiger partial charge is 0.454 e. The Hall–Kier alpha value is -8.41. The maximum atomic E-state index is 13.6. The molecule has 4 aromatic heterocycles. The predicted octanol–water partition coefficient (Wildman–Crippen LogP) is 8.82. The Morgan fingerprint density at radius 3 is 1.41 bits per heavy atom. The van der Waals surface area contributed by atoms with Gasteiger partial charge in [-0.25, -0.2) is 9.97 Å². The number of ketones is 2. The molecule has 94 heavy (non-hydrogen) atoms. The first-order valence-electron chi connectivity index (χ1n) is 33.2. The predicted molar refractivity (Wildman–Crippen MR) is 350 cm³/mol. The van der Waals surface area contributed by atoms with Crippen molar-refractivity contribution in [3.05, 3.63) is 138 Å². The Labute approximate surface area is 546 Å². The Balaban J connectivity index is 0.000000203. The third kappa shape index (κ3) is 16.2. The number of hydrogen-bond acceptors (Lipinski definition) is 19. The average molecular weight is 1290 g/mol. The zero-order valence-corrected chi connectivity index (χ0v) is 53.9. The third-order valence-electron chi connectivity index (χ3n) is 19.2. The van der Waals surface area contributed by atoms with E-state index in [1.807, 2.05) is 32.9 Å². The Kier molecular flexibility index (Phi) is 22.7. The number of carbonyl (C=O) groups excluding carboxylic acids is 7. The molecule has 2 aromatic carbocycles. The van der Waals surface area contributed by atoms with Gasteiger partial charge in [0, 0.05) is 147 Å². The van der Waals surface area contributed by atoms with Crippen LogP contribution in [-0.4, -0.2) is 149 Å².